The van der Waals surface area contributed by atoms with Crippen LogP contribution in [0.1, 0.15) is 12.5 Å². The first-order valence-electron chi connectivity index (χ1n) is 6.92. The van der Waals surface area contributed by atoms with Crippen LogP contribution in [0.3, 0.4) is 0 Å². The van der Waals surface area contributed by atoms with E-state index in [1.165, 1.54) is 9.87 Å². The molecule has 1 aliphatic rings. The molecule has 1 N–H and O–H groups in total. The molecular weight excluding hydrogens is 286 g/mol. The Labute approximate surface area is 124 Å². The lowest BCUT2D eigenvalue weighted by Crippen LogP contribution is -2.30. The van der Waals surface area contributed by atoms with Gasteiger partial charge in [-0.1, -0.05) is 6.07 Å². The van der Waals surface area contributed by atoms with E-state index in [4.69, 9.17) is 0 Å². The molecule has 110 valence electrons. The summed E-state index contributed by atoms with van der Waals surface area (Å²) in [5.41, 5.74) is 2.71. The highest BCUT2D eigenvalue weighted by Gasteiger charge is 2.25. The first-order valence-corrected chi connectivity index (χ1v) is 8.36. The first kappa shape index (κ1) is 13.9. The fourth-order valence-electron chi connectivity index (χ4n) is 2.56. The number of nitrogens with one attached hydrogen (secondary N) is 1. The lowest BCUT2D eigenvalue weighted by atomic mass is 10.2. The number of pyridine rings is 1. The maximum absolute atomic E-state index is 12.8. The van der Waals surface area contributed by atoms with Crippen molar-refractivity contribution < 1.29 is 8.42 Å². The summed E-state index contributed by atoms with van der Waals surface area (Å²) in [5.74, 6) is 0. The molecule has 0 aliphatic carbocycles. The molecule has 5 nitrogen and oxygen atoms in total. The summed E-state index contributed by atoms with van der Waals surface area (Å²) in [6.07, 6.45) is 4.13. The Balaban J connectivity index is 2.03. The maximum atomic E-state index is 12.8. The number of anilines is 2. The molecule has 1 aromatic heterocycles. The highest BCUT2D eigenvalue weighted by atomic mass is 32.2. The topological polar surface area (TPSA) is 62.3 Å². The Morgan fingerprint density at radius 2 is 2.00 bits per heavy atom. The highest BCUT2D eigenvalue weighted by Crippen LogP contribution is 2.28. The molecule has 0 atom stereocenters. The summed E-state index contributed by atoms with van der Waals surface area (Å²) in [4.78, 5) is 4.25. The van der Waals surface area contributed by atoms with Gasteiger partial charge in [-0.2, -0.15) is 0 Å². The second kappa shape index (κ2) is 5.37. The number of sulfonamides is 1. The number of benzene rings is 1. The molecule has 0 radical (unpaired) electrons. The van der Waals surface area contributed by atoms with Crippen molar-refractivity contribution in [1.82, 2.24) is 4.98 Å². The Hall–Kier alpha value is -2.08. The zero-order chi connectivity index (χ0) is 14.9. The highest BCUT2D eigenvalue weighted by molar-refractivity contribution is 7.92. The molecule has 3 rings (SSSR count). The Morgan fingerprint density at radius 3 is 2.71 bits per heavy atom. The molecule has 1 aliphatic heterocycles. The van der Waals surface area contributed by atoms with Crippen molar-refractivity contribution in [3.8, 4) is 0 Å². The molecule has 0 amide bonds. The zero-order valence-electron chi connectivity index (χ0n) is 11.8. The summed E-state index contributed by atoms with van der Waals surface area (Å²) < 4.78 is 27.1. The standard InChI is InChI=1S/C15H17N3O2S/c1-2-18(13-6-8-16-9-7-13)21(19,20)14-4-3-12-5-10-17-15(12)11-14/h3-4,6-9,11,17H,2,5,10H2,1H3. The van der Waals surface area contributed by atoms with Crippen molar-refractivity contribution in [3.05, 3.63) is 48.3 Å². The van der Waals surface area contributed by atoms with Crippen LogP contribution in [0, 0.1) is 0 Å². The monoisotopic (exact) mass is 303 g/mol. The number of aromatic nitrogens is 1. The summed E-state index contributed by atoms with van der Waals surface area (Å²) in [5, 5.41) is 3.22. The van der Waals surface area contributed by atoms with Crippen LogP contribution in [0.5, 0.6) is 0 Å². The summed E-state index contributed by atoms with van der Waals surface area (Å²) in [7, 11) is -3.56. The van der Waals surface area contributed by atoms with Gasteiger partial charge in [0, 0.05) is 31.2 Å². The largest absolute Gasteiger partial charge is 0.384 e. The quantitative estimate of drug-likeness (QED) is 0.941. The van der Waals surface area contributed by atoms with Crippen LogP contribution >= 0.6 is 0 Å². The molecule has 2 heterocycles. The maximum Gasteiger partial charge on any atom is 0.264 e. The fourth-order valence-corrected chi connectivity index (χ4v) is 4.06. The van der Waals surface area contributed by atoms with E-state index in [0.717, 1.165) is 18.7 Å². The minimum atomic E-state index is -3.56. The van der Waals surface area contributed by atoms with E-state index >= 15 is 0 Å². The van der Waals surface area contributed by atoms with Crippen LogP contribution in [0.2, 0.25) is 0 Å². The molecular formula is C15H17N3O2S. The summed E-state index contributed by atoms with van der Waals surface area (Å²) in [6, 6.07) is 8.70. The third-order valence-electron chi connectivity index (χ3n) is 3.62. The Morgan fingerprint density at radius 1 is 1.24 bits per heavy atom. The lowest BCUT2D eigenvalue weighted by Gasteiger charge is -2.23. The second-order valence-electron chi connectivity index (χ2n) is 4.87. The number of nitrogens with zero attached hydrogens (tertiary/aromatic N) is 2. The molecule has 6 heteroatoms. The average Bonchev–Trinajstić information content (AvgIpc) is 2.96. The van der Waals surface area contributed by atoms with Gasteiger partial charge in [-0.25, -0.2) is 8.42 Å². The average molecular weight is 303 g/mol. The van der Waals surface area contributed by atoms with E-state index < -0.39 is 10.0 Å². The fraction of sp³-hybridized carbons (Fsp3) is 0.267. The van der Waals surface area contributed by atoms with Gasteiger partial charge in [0.25, 0.3) is 10.0 Å². The third kappa shape index (κ3) is 2.47. The normalized spacial score (nSPS) is 13.6. The summed E-state index contributed by atoms with van der Waals surface area (Å²) >= 11 is 0. The van der Waals surface area contributed by atoms with Gasteiger partial charge in [-0.15, -0.1) is 0 Å². The van der Waals surface area contributed by atoms with Gasteiger partial charge in [0.1, 0.15) is 0 Å². The van der Waals surface area contributed by atoms with Crippen LogP contribution in [-0.4, -0.2) is 26.5 Å². The van der Waals surface area contributed by atoms with E-state index in [9.17, 15) is 8.42 Å². The van der Waals surface area contributed by atoms with E-state index in [2.05, 4.69) is 10.3 Å². The van der Waals surface area contributed by atoms with Crippen molar-refractivity contribution in [2.24, 2.45) is 0 Å². The van der Waals surface area contributed by atoms with Crippen LogP contribution < -0.4 is 9.62 Å². The van der Waals surface area contributed by atoms with Gasteiger partial charge in [0.15, 0.2) is 0 Å². The lowest BCUT2D eigenvalue weighted by molar-refractivity contribution is 0.592. The van der Waals surface area contributed by atoms with Crippen molar-refractivity contribution >= 4 is 21.4 Å². The predicted octanol–water partition coefficient (Wildman–Crippen LogP) is 2.26. The van der Waals surface area contributed by atoms with Crippen molar-refractivity contribution in [3.63, 3.8) is 0 Å². The molecule has 0 unspecified atom stereocenters. The van der Waals surface area contributed by atoms with E-state index in [1.54, 1.807) is 36.7 Å². The number of fused-ring (bicyclic) bond motifs is 1. The van der Waals surface area contributed by atoms with E-state index in [-0.39, 0.29) is 0 Å². The van der Waals surface area contributed by atoms with Crippen LogP contribution in [0.15, 0.2) is 47.6 Å². The minimum Gasteiger partial charge on any atom is -0.384 e. The van der Waals surface area contributed by atoms with Crippen molar-refractivity contribution in [2.75, 3.05) is 22.7 Å². The Kier molecular flexibility index (Phi) is 3.55. The SMILES string of the molecule is CCN(c1ccncc1)S(=O)(=O)c1ccc2c(c1)NCC2. The van der Waals surface area contributed by atoms with Gasteiger partial charge in [-0.3, -0.25) is 9.29 Å². The van der Waals surface area contributed by atoms with Crippen molar-refractivity contribution in [1.29, 1.82) is 0 Å². The van der Waals surface area contributed by atoms with E-state index in [1.807, 2.05) is 13.0 Å². The molecule has 0 bridgehead atoms. The molecule has 0 fully saturated rings. The number of hydrogen-bond acceptors (Lipinski definition) is 4. The first-order chi connectivity index (χ1) is 10.1. The van der Waals surface area contributed by atoms with E-state index in [0.29, 0.717) is 17.1 Å². The van der Waals surface area contributed by atoms with Gasteiger partial charge in [0.05, 0.1) is 10.6 Å². The minimum absolute atomic E-state index is 0.314. The Bertz CT molecular complexity index is 745. The van der Waals surface area contributed by atoms with Gasteiger partial charge >= 0.3 is 0 Å². The van der Waals surface area contributed by atoms with Gasteiger partial charge in [0.2, 0.25) is 0 Å². The zero-order valence-corrected chi connectivity index (χ0v) is 12.6. The van der Waals surface area contributed by atoms with Crippen LogP contribution in [0.25, 0.3) is 0 Å². The smallest absolute Gasteiger partial charge is 0.264 e. The van der Waals surface area contributed by atoms with Gasteiger partial charge < -0.3 is 5.32 Å². The molecule has 2 aromatic rings. The van der Waals surface area contributed by atoms with Gasteiger partial charge in [-0.05, 0) is 43.2 Å². The van der Waals surface area contributed by atoms with Crippen LogP contribution in [0.4, 0.5) is 11.4 Å². The molecule has 0 saturated heterocycles. The molecule has 1 aromatic carbocycles. The molecule has 0 saturated carbocycles. The number of rotatable bonds is 4. The van der Waals surface area contributed by atoms with Crippen LogP contribution in [-0.2, 0) is 16.4 Å². The molecule has 21 heavy (non-hydrogen) atoms. The second-order valence-corrected chi connectivity index (χ2v) is 6.73. The van der Waals surface area contributed by atoms with Crippen molar-refractivity contribution in [2.45, 2.75) is 18.2 Å². The predicted molar refractivity (Wildman–Crippen MR) is 83.1 cm³/mol. The third-order valence-corrected chi connectivity index (χ3v) is 5.52. The molecule has 0 spiro atoms. The summed E-state index contributed by atoms with van der Waals surface area (Å²) in [6.45, 7) is 3.06. The number of hydrogen-bond donors (Lipinski definition) is 1.